The van der Waals surface area contributed by atoms with Crippen molar-refractivity contribution >= 4 is 46.6 Å². The van der Waals surface area contributed by atoms with Gasteiger partial charge in [-0.3, -0.25) is 0 Å². The summed E-state index contributed by atoms with van der Waals surface area (Å²) in [6, 6.07) is 14.3. The minimum atomic E-state index is -1.25. The van der Waals surface area contributed by atoms with Crippen molar-refractivity contribution in [2.24, 2.45) is 5.92 Å². The second-order valence-corrected chi connectivity index (χ2v) is 12.2. The fourth-order valence-corrected chi connectivity index (χ4v) is 6.84. The first kappa shape index (κ1) is 32.8. The standard InChI is InChI=1S/C32H35Cl2F2NO3S/c1-7-19(3)30(41-18-24-26(34)15-20(31(38)39)16-27(24)36)37(23-12-10-22(35)11-13-23)29(8-2)32(4,5)21-9-14-25(33)28(17-21)40-6/h8-17,19,30H,7,18H2,1-6H3,(H,38,39). The summed E-state index contributed by atoms with van der Waals surface area (Å²) >= 11 is 14.2. The van der Waals surface area contributed by atoms with E-state index in [1.54, 1.807) is 25.3 Å². The molecule has 4 nitrogen and oxygen atoms in total. The molecule has 3 aromatic rings. The van der Waals surface area contributed by atoms with Crippen LogP contribution in [0, 0.1) is 17.6 Å². The number of aromatic carboxylic acids is 1. The summed E-state index contributed by atoms with van der Waals surface area (Å²) in [5, 5.41) is 9.63. The molecule has 0 aliphatic carbocycles. The SMILES string of the molecule is CC=C(N(c1ccc(F)cc1)C(SCc1c(F)cc(C(=O)O)cc1Cl)C(C)CC)C(C)(C)c1ccc(Cl)c(OC)c1. The monoisotopic (exact) mass is 621 g/mol. The summed E-state index contributed by atoms with van der Waals surface area (Å²) in [7, 11) is 1.57. The number of benzene rings is 3. The van der Waals surface area contributed by atoms with Crippen molar-refractivity contribution in [1.82, 2.24) is 0 Å². The van der Waals surface area contributed by atoms with Gasteiger partial charge in [-0.15, -0.1) is 11.8 Å². The topological polar surface area (TPSA) is 49.8 Å². The van der Waals surface area contributed by atoms with E-state index in [1.165, 1.54) is 30.0 Å². The summed E-state index contributed by atoms with van der Waals surface area (Å²) in [6.45, 7) is 10.4. The summed E-state index contributed by atoms with van der Waals surface area (Å²) in [5.41, 5.74) is 2.16. The molecule has 0 spiro atoms. The number of carboxylic acid groups (broad SMARTS) is 1. The molecule has 0 heterocycles. The van der Waals surface area contributed by atoms with Crippen LogP contribution in [-0.4, -0.2) is 23.6 Å². The van der Waals surface area contributed by atoms with E-state index in [2.05, 4.69) is 32.6 Å². The number of anilines is 1. The number of methoxy groups -OCH3 is 1. The zero-order chi connectivity index (χ0) is 30.5. The Morgan fingerprint density at radius 2 is 1.76 bits per heavy atom. The Kier molecular flexibility index (Phi) is 11.1. The maximum absolute atomic E-state index is 15.1. The lowest BCUT2D eigenvalue weighted by molar-refractivity contribution is 0.0696. The number of hydrogen-bond donors (Lipinski definition) is 1. The number of rotatable bonds is 12. The lowest BCUT2D eigenvalue weighted by Crippen LogP contribution is -2.43. The highest BCUT2D eigenvalue weighted by atomic mass is 35.5. The largest absolute Gasteiger partial charge is 0.495 e. The van der Waals surface area contributed by atoms with E-state index in [0.29, 0.717) is 10.8 Å². The Morgan fingerprint density at radius 1 is 1.10 bits per heavy atom. The van der Waals surface area contributed by atoms with E-state index in [1.807, 2.05) is 25.1 Å². The van der Waals surface area contributed by atoms with Crippen LogP contribution in [0.15, 0.2) is 66.4 Å². The molecule has 0 aliphatic heterocycles. The molecule has 0 amide bonds. The molecule has 2 atom stereocenters. The van der Waals surface area contributed by atoms with Crippen LogP contribution in [0.25, 0.3) is 0 Å². The summed E-state index contributed by atoms with van der Waals surface area (Å²) in [5.74, 6) is -1.40. The van der Waals surface area contributed by atoms with Crippen LogP contribution in [0.2, 0.25) is 10.0 Å². The van der Waals surface area contributed by atoms with Crippen molar-refractivity contribution in [3.63, 3.8) is 0 Å². The molecule has 0 saturated heterocycles. The lowest BCUT2D eigenvalue weighted by Gasteiger charge is -2.44. The second-order valence-electron chi connectivity index (χ2n) is 10.3. The van der Waals surface area contributed by atoms with Crippen LogP contribution < -0.4 is 9.64 Å². The van der Waals surface area contributed by atoms with Gasteiger partial charge in [0, 0.05) is 33.1 Å². The molecule has 3 aromatic carbocycles. The third-order valence-corrected chi connectivity index (χ3v) is 9.44. The summed E-state index contributed by atoms with van der Waals surface area (Å²) in [4.78, 5) is 13.6. The van der Waals surface area contributed by atoms with Crippen LogP contribution >= 0.6 is 35.0 Å². The fraction of sp³-hybridized carbons (Fsp3) is 0.344. The van der Waals surface area contributed by atoms with Gasteiger partial charge in [-0.1, -0.05) is 69.5 Å². The predicted molar refractivity (Wildman–Crippen MR) is 167 cm³/mol. The quantitative estimate of drug-likeness (QED) is 0.204. The van der Waals surface area contributed by atoms with Gasteiger partial charge in [0.15, 0.2) is 0 Å². The molecule has 0 saturated carbocycles. The maximum atomic E-state index is 15.1. The highest BCUT2D eigenvalue weighted by molar-refractivity contribution is 7.99. The lowest BCUT2D eigenvalue weighted by atomic mass is 9.79. The molecule has 1 N–H and O–H groups in total. The van der Waals surface area contributed by atoms with E-state index in [4.69, 9.17) is 27.9 Å². The zero-order valence-corrected chi connectivity index (χ0v) is 26.3. The van der Waals surface area contributed by atoms with Crippen molar-refractivity contribution in [1.29, 1.82) is 0 Å². The van der Waals surface area contributed by atoms with E-state index in [9.17, 15) is 14.3 Å². The number of carbonyl (C=O) groups is 1. The maximum Gasteiger partial charge on any atom is 0.335 e. The number of ether oxygens (including phenoxy) is 1. The van der Waals surface area contributed by atoms with Crippen LogP contribution in [0.3, 0.4) is 0 Å². The Labute approximate surface area is 255 Å². The molecule has 3 rings (SSSR count). The minimum absolute atomic E-state index is 0.0611. The van der Waals surface area contributed by atoms with Gasteiger partial charge in [0.25, 0.3) is 0 Å². The molecule has 220 valence electrons. The van der Waals surface area contributed by atoms with Gasteiger partial charge in [-0.05, 0) is 66.9 Å². The number of carboxylic acids is 1. The van der Waals surface area contributed by atoms with Gasteiger partial charge in [0.2, 0.25) is 0 Å². The average Bonchev–Trinajstić information content (AvgIpc) is 2.93. The number of thioether (sulfide) groups is 1. The van der Waals surface area contributed by atoms with Gasteiger partial charge in [0.1, 0.15) is 17.4 Å². The molecule has 0 aliphatic rings. The fourth-order valence-electron chi connectivity index (χ4n) is 4.75. The van der Waals surface area contributed by atoms with E-state index in [-0.39, 0.29) is 39.0 Å². The minimum Gasteiger partial charge on any atom is -0.495 e. The zero-order valence-electron chi connectivity index (χ0n) is 24.0. The van der Waals surface area contributed by atoms with E-state index >= 15 is 4.39 Å². The smallest absolute Gasteiger partial charge is 0.335 e. The molecular formula is C32H35Cl2F2NO3S. The van der Waals surface area contributed by atoms with E-state index < -0.39 is 17.2 Å². The van der Waals surface area contributed by atoms with Crippen LogP contribution in [0.4, 0.5) is 14.5 Å². The van der Waals surface area contributed by atoms with Gasteiger partial charge < -0.3 is 14.7 Å². The van der Waals surface area contributed by atoms with Gasteiger partial charge in [-0.25, -0.2) is 13.6 Å². The summed E-state index contributed by atoms with van der Waals surface area (Å²) in [6.07, 6.45) is 2.85. The number of hydrogen-bond acceptors (Lipinski definition) is 4. The first-order valence-corrected chi connectivity index (χ1v) is 15.0. The predicted octanol–water partition coefficient (Wildman–Crippen LogP) is 9.97. The van der Waals surface area contributed by atoms with Gasteiger partial charge >= 0.3 is 5.97 Å². The highest BCUT2D eigenvalue weighted by Crippen LogP contribution is 2.44. The Hall–Kier alpha value is -2.74. The third-order valence-electron chi connectivity index (χ3n) is 7.32. The van der Waals surface area contributed by atoms with Crippen molar-refractivity contribution in [3.8, 4) is 5.75 Å². The number of nitrogens with zero attached hydrogens (tertiary/aromatic N) is 1. The van der Waals surface area contributed by atoms with Crippen molar-refractivity contribution in [2.75, 3.05) is 12.0 Å². The van der Waals surface area contributed by atoms with Crippen LogP contribution in [-0.2, 0) is 11.2 Å². The molecule has 0 radical (unpaired) electrons. The average molecular weight is 623 g/mol. The Balaban J connectivity index is 2.14. The molecule has 0 aromatic heterocycles. The molecule has 2 unspecified atom stereocenters. The number of allylic oxidation sites excluding steroid dienone is 2. The van der Waals surface area contributed by atoms with Crippen molar-refractivity contribution in [2.45, 2.75) is 57.6 Å². The van der Waals surface area contributed by atoms with Crippen molar-refractivity contribution < 1.29 is 23.4 Å². The number of halogens is 4. The normalized spacial score (nSPS) is 13.6. The molecule has 0 bridgehead atoms. The van der Waals surface area contributed by atoms with Crippen LogP contribution in [0.1, 0.15) is 62.5 Å². The first-order valence-electron chi connectivity index (χ1n) is 13.2. The Morgan fingerprint density at radius 3 is 2.29 bits per heavy atom. The molecule has 41 heavy (non-hydrogen) atoms. The third kappa shape index (κ3) is 7.37. The second kappa shape index (κ2) is 14.0. The molecule has 9 heteroatoms. The molecular weight excluding hydrogens is 587 g/mol. The van der Waals surface area contributed by atoms with Gasteiger partial charge in [0.05, 0.1) is 23.1 Å². The Bertz CT molecular complexity index is 1390. The van der Waals surface area contributed by atoms with E-state index in [0.717, 1.165) is 29.4 Å². The summed E-state index contributed by atoms with van der Waals surface area (Å²) < 4.78 is 34.6. The molecule has 0 fully saturated rings. The highest BCUT2D eigenvalue weighted by Gasteiger charge is 2.36. The van der Waals surface area contributed by atoms with Gasteiger partial charge in [-0.2, -0.15) is 0 Å². The van der Waals surface area contributed by atoms with Crippen molar-refractivity contribution in [3.05, 3.63) is 105 Å². The van der Waals surface area contributed by atoms with Crippen LogP contribution in [0.5, 0.6) is 5.75 Å². The first-order chi connectivity index (χ1) is 19.3.